The van der Waals surface area contributed by atoms with Gasteiger partial charge in [0.15, 0.2) is 0 Å². The van der Waals surface area contributed by atoms with E-state index in [9.17, 15) is 23.1 Å². The molecule has 0 heterocycles. The Labute approximate surface area is 160 Å². The Kier molecular flexibility index (Phi) is 7.00. The summed E-state index contributed by atoms with van der Waals surface area (Å²) in [4.78, 5) is 23.9. The molecule has 1 unspecified atom stereocenters. The van der Waals surface area contributed by atoms with Gasteiger partial charge in [0.1, 0.15) is 11.2 Å². The summed E-state index contributed by atoms with van der Waals surface area (Å²) in [5.74, 6) is -1.91. The fourth-order valence-electron chi connectivity index (χ4n) is 3.28. The Morgan fingerprint density at radius 3 is 2.30 bits per heavy atom. The molecule has 1 saturated carbocycles. The van der Waals surface area contributed by atoms with Crippen molar-refractivity contribution in [2.75, 3.05) is 12.3 Å². The van der Waals surface area contributed by atoms with Crippen LogP contribution in [-0.4, -0.2) is 43.7 Å². The summed E-state index contributed by atoms with van der Waals surface area (Å²) in [6.07, 6.45) is 3.47. The second-order valence-electron chi connectivity index (χ2n) is 7.61. The van der Waals surface area contributed by atoms with Crippen molar-refractivity contribution in [3.05, 3.63) is 35.9 Å². The summed E-state index contributed by atoms with van der Waals surface area (Å²) in [7, 11) is -3.76. The summed E-state index contributed by atoms with van der Waals surface area (Å²) in [6.45, 7) is 3.45. The van der Waals surface area contributed by atoms with E-state index in [0.717, 1.165) is 25.7 Å². The van der Waals surface area contributed by atoms with Gasteiger partial charge in [-0.1, -0.05) is 37.3 Å². The average Bonchev–Trinajstić information content (AvgIpc) is 2.61. The number of amides is 1. The molecule has 8 heteroatoms. The topological polar surface area (TPSA) is 113 Å². The number of rotatable bonds is 8. The number of nitrogens with one attached hydrogen (secondary N) is 2. The van der Waals surface area contributed by atoms with Crippen molar-refractivity contribution < 1.29 is 23.1 Å². The molecule has 0 bridgehead atoms. The molecular weight excluding hydrogens is 368 g/mol. The second kappa shape index (κ2) is 8.84. The number of carbonyl (C=O) groups excluding carboxylic acids is 1. The van der Waals surface area contributed by atoms with Crippen molar-refractivity contribution in [2.45, 2.75) is 51.0 Å². The Morgan fingerprint density at radius 1 is 1.15 bits per heavy atom. The molecule has 1 aromatic rings. The van der Waals surface area contributed by atoms with Crippen molar-refractivity contribution in [2.24, 2.45) is 5.92 Å². The summed E-state index contributed by atoms with van der Waals surface area (Å²) in [5, 5.41) is 12.1. The number of carboxylic acid groups (broad SMARTS) is 1. The quantitative estimate of drug-likeness (QED) is 0.618. The van der Waals surface area contributed by atoms with Crippen LogP contribution in [0, 0.1) is 5.92 Å². The number of hydrogen-bond donors (Lipinski definition) is 3. The standard InChI is InChI=1S/C19H28N2O5S/c1-14-8-10-16(11-9-14)21-27(25,26)12-17(22)20-13-19(2,18(23)24)15-6-4-3-5-7-15/h3-7,14,16,21H,8-13H2,1-2H3,(H,20,22)(H,23,24). The zero-order chi connectivity index (χ0) is 20.1. The summed E-state index contributed by atoms with van der Waals surface area (Å²) >= 11 is 0. The van der Waals surface area contributed by atoms with Gasteiger partial charge in [-0.25, -0.2) is 13.1 Å². The Morgan fingerprint density at radius 2 is 1.74 bits per heavy atom. The lowest BCUT2D eigenvalue weighted by molar-refractivity contribution is -0.143. The predicted octanol–water partition coefficient (Wildman–Crippen LogP) is 1.64. The van der Waals surface area contributed by atoms with Crippen LogP contribution in [0.4, 0.5) is 0 Å². The van der Waals surface area contributed by atoms with Crippen LogP contribution in [0.3, 0.4) is 0 Å². The third-order valence-corrected chi connectivity index (χ3v) is 6.54. The van der Waals surface area contributed by atoms with E-state index >= 15 is 0 Å². The third-order valence-electron chi connectivity index (χ3n) is 5.21. The minimum absolute atomic E-state index is 0.132. The number of hydrogen-bond acceptors (Lipinski definition) is 4. The molecule has 0 aromatic heterocycles. The van der Waals surface area contributed by atoms with Crippen LogP contribution in [-0.2, 0) is 25.0 Å². The highest BCUT2D eigenvalue weighted by molar-refractivity contribution is 7.90. The molecule has 1 atom stereocenters. The molecule has 7 nitrogen and oxygen atoms in total. The van der Waals surface area contributed by atoms with Gasteiger partial charge in [0.2, 0.25) is 15.9 Å². The molecule has 0 saturated heterocycles. The molecule has 0 radical (unpaired) electrons. The van der Waals surface area contributed by atoms with Gasteiger partial charge < -0.3 is 10.4 Å². The lowest BCUT2D eigenvalue weighted by Crippen LogP contribution is -2.47. The highest BCUT2D eigenvalue weighted by Crippen LogP contribution is 2.24. The third kappa shape index (κ3) is 6.04. The Bertz CT molecular complexity index is 758. The molecule has 2 rings (SSSR count). The minimum atomic E-state index is -3.76. The monoisotopic (exact) mass is 396 g/mol. The van der Waals surface area contributed by atoms with Crippen LogP contribution in [0.25, 0.3) is 0 Å². The highest BCUT2D eigenvalue weighted by Gasteiger charge is 2.36. The summed E-state index contributed by atoms with van der Waals surface area (Å²) in [6, 6.07) is 8.42. The van der Waals surface area contributed by atoms with E-state index in [1.54, 1.807) is 30.3 Å². The molecule has 0 aliphatic heterocycles. The van der Waals surface area contributed by atoms with Gasteiger partial charge in [0.25, 0.3) is 0 Å². The maximum atomic E-state index is 12.2. The average molecular weight is 397 g/mol. The molecule has 1 aliphatic carbocycles. The largest absolute Gasteiger partial charge is 0.481 e. The van der Waals surface area contributed by atoms with Crippen LogP contribution < -0.4 is 10.0 Å². The van der Waals surface area contributed by atoms with Crippen molar-refractivity contribution in [1.82, 2.24) is 10.0 Å². The fourth-order valence-corrected chi connectivity index (χ4v) is 4.55. The first-order valence-electron chi connectivity index (χ1n) is 9.18. The number of carboxylic acids is 1. The second-order valence-corrected chi connectivity index (χ2v) is 9.37. The first-order chi connectivity index (χ1) is 12.6. The zero-order valence-corrected chi connectivity index (χ0v) is 16.6. The van der Waals surface area contributed by atoms with E-state index in [-0.39, 0.29) is 12.6 Å². The summed E-state index contributed by atoms with van der Waals surface area (Å²) < 4.78 is 27.1. The molecule has 1 amide bonds. The van der Waals surface area contributed by atoms with Crippen LogP contribution in [0.1, 0.15) is 45.1 Å². The van der Waals surface area contributed by atoms with Gasteiger partial charge in [0.05, 0.1) is 0 Å². The van der Waals surface area contributed by atoms with Gasteiger partial charge in [-0.05, 0) is 44.1 Å². The van der Waals surface area contributed by atoms with Crippen molar-refractivity contribution in [1.29, 1.82) is 0 Å². The van der Waals surface area contributed by atoms with Gasteiger partial charge in [0, 0.05) is 12.6 Å². The van der Waals surface area contributed by atoms with Gasteiger partial charge >= 0.3 is 5.97 Å². The maximum absolute atomic E-state index is 12.2. The first-order valence-corrected chi connectivity index (χ1v) is 10.8. The summed E-state index contributed by atoms with van der Waals surface area (Å²) in [5.41, 5.74) is -0.803. The Balaban J connectivity index is 1.93. The molecule has 1 aliphatic rings. The lowest BCUT2D eigenvalue weighted by atomic mass is 9.82. The molecule has 27 heavy (non-hydrogen) atoms. The minimum Gasteiger partial charge on any atom is -0.481 e. The van der Waals surface area contributed by atoms with E-state index in [0.29, 0.717) is 11.5 Å². The normalized spacial score (nSPS) is 22.6. The molecule has 1 aromatic carbocycles. The smallest absolute Gasteiger partial charge is 0.315 e. The number of aliphatic carboxylic acids is 1. The van der Waals surface area contributed by atoms with E-state index in [2.05, 4.69) is 17.0 Å². The van der Waals surface area contributed by atoms with Crippen molar-refractivity contribution in [3.8, 4) is 0 Å². The van der Waals surface area contributed by atoms with E-state index in [1.807, 2.05) is 0 Å². The molecule has 3 N–H and O–H groups in total. The van der Waals surface area contributed by atoms with Gasteiger partial charge in [-0.2, -0.15) is 0 Å². The molecule has 150 valence electrons. The van der Waals surface area contributed by atoms with E-state index in [1.165, 1.54) is 6.92 Å². The van der Waals surface area contributed by atoms with Crippen LogP contribution in [0.15, 0.2) is 30.3 Å². The van der Waals surface area contributed by atoms with Gasteiger partial charge in [-0.15, -0.1) is 0 Å². The van der Waals surface area contributed by atoms with Crippen LogP contribution in [0.2, 0.25) is 0 Å². The van der Waals surface area contributed by atoms with Crippen LogP contribution >= 0.6 is 0 Å². The zero-order valence-electron chi connectivity index (χ0n) is 15.8. The first kappa shape index (κ1) is 21.4. The highest BCUT2D eigenvalue weighted by atomic mass is 32.2. The maximum Gasteiger partial charge on any atom is 0.315 e. The van der Waals surface area contributed by atoms with E-state index < -0.39 is 33.1 Å². The molecule has 1 fully saturated rings. The molecular formula is C19H28N2O5S. The predicted molar refractivity (Wildman–Crippen MR) is 103 cm³/mol. The lowest BCUT2D eigenvalue weighted by Gasteiger charge is -2.27. The van der Waals surface area contributed by atoms with Crippen molar-refractivity contribution in [3.63, 3.8) is 0 Å². The SMILES string of the molecule is CC1CCC(NS(=O)(=O)CC(=O)NCC(C)(C(=O)O)c2ccccc2)CC1. The Hall–Kier alpha value is -1.93. The number of benzene rings is 1. The van der Waals surface area contributed by atoms with Gasteiger partial charge in [-0.3, -0.25) is 9.59 Å². The van der Waals surface area contributed by atoms with E-state index in [4.69, 9.17) is 0 Å². The van der Waals surface area contributed by atoms with Crippen LogP contribution in [0.5, 0.6) is 0 Å². The van der Waals surface area contributed by atoms with Crippen molar-refractivity contribution >= 4 is 21.9 Å². The molecule has 0 spiro atoms. The fraction of sp³-hybridized carbons (Fsp3) is 0.579. The number of carbonyl (C=O) groups is 2. The number of sulfonamides is 1.